The summed E-state index contributed by atoms with van der Waals surface area (Å²) in [6, 6.07) is 13.5. The number of amides is 2. The number of benzene rings is 2. The molecule has 168 valence electrons. The lowest BCUT2D eigenvalue weighted by Crippen LogP contribution is -2.65. The van der Waals surface area contributed by atoms with Crippen LogP contribution in [0.2, 0.25) is 0 Å². The molecule has 1 saturated carbocycles. The molecule has 2 aromatic carbocycles. The van der Waals surface area contributed by atoms with E-state index < -0.39 is 5.54 Å². The van der Waals surface area contributed by atoms with Gasteiger partial charge in [0.2, 0.25) is 18.6 Å². The second-order valence-corrected chi connectivity index (χ2v) is 9.08. The van der Waals surface area contributed by atoms with Crippen molar-refractivity contribution in [2.24, 2.45) is 0 Å². The summed E-state index contributed by atoms with van der Waals surface area (Å²) in [5, 5.41) is 3.11. The van der Waals surface area contributed by atoms with Crippen molar-refractivity contribution < 1.29 is 19.1 Å². The van der Waals surface area contributed by atoms with Crippen LogP contribution in [0.3, 0.4) is 0 Å². The molecular weight excluding hydrogens is 406 g/mol. The highest BCUT2D eigenvalue weighted by Gasteiger charge is 2.55. The van der Waals surface area contributed by atoms with Crippen LogP contribution in [0.1, 0.15) is 50.1 Å². The van der Waals surface area contributed by atoms with Crippen LogP contribution in [0.15, 0.2) is 42.5 Å². The molecule has 1 N–H and O–H groups in total. The molecular formula is C25H29N3O4. The van der Waals surface area contributed by atoms with E-state index in [9.17, 15) is 9.59 Å². The first-order valence-corrected chi connectivity index (χ1v) is 11.3. The SMILES string of the molecule is CN(C)c1ccc(NC(=O)C2(N3C(=O)CC3c3ccc4c(c3)OCO4)CCCCC2)cc1. The molecule has 0 spiro atoms. The number of nitrogens with one attached hydrogen (secondary N) is 1. The number of ether oxygens (including phenoxy) is 2. The van der Waals surface area contributed by atoms with Crippen molar-refractivity contribution in [2.45, 2.75) is 50.1 Å². The lowest BCUT2D eigenvalue weighted by atomic mass is 9.74. The smallest absolute Gasteiger partial charge is 0.250 e. The average molecular weight is 436 g/mol. The zero-order valence-corrected chi connectivity index (χ0v) is 18.6. The average Bonchev–Trinajstić information content (AvgIpc) is 3.26. The third kappa shape index (κ3) is 3.45. The van der Waals surface area contributed by atoms with Crippen molar-refractivity contribution in [2.75, 3.05) is 31.1 Å². The summed E-state index contributed by atoms with van der Waals surface area (Å²) in [6.45, 7) is 0.213. The fourth-order valence-corrected chi connectivity index (χ4v) is 5.15. The van der Waals surface area contributed by atoms with Crippen LogP contribution in [0.5, 0.6) is 11.5 Å². The number of hydrogen-bond donors (Lipinski definition) is 1. The lowest BCUT2D eigenvalue weighted by molar-refractivity contribution is -0.166. The highest BCUT2D eigenvalue weighted by Crippen LogP contribution is 2.48. The molecule has 2 heterocycles. The summed E-state index contributed by atoms with van der Waals surface area (Å²) >= 11 is 0. The van der Waals surface area contributed by atoms with Gasteiger partial charge in [0.1, 0.15) is 5.54 Å². The molecule has 7 heteroatoms. The number of rotatable bonds is 5. The normalized spacial score (nSPS) is 21.1. The third-order valence-electron chi connectivity index (χ3n) is 6.94. The van der Waals surface area contributed by atoms with Crippen molar-refractivity contribution >= 4 is 23.2 Å². The molecule has 32 heavy (non-hydrogen) atoms. The molecule has 0 aromatic heterocycles. The Bertz CT molecular complexity index is 1030. The highest BCUT2D eigenvalue weighted by atomic mass is 16.7. The van der Waals surface area contributed by atoms with Gasteiger partial charge in [0.15, 0.2) is 11.5 Å². The molecule has 1 atom stereocenters. The van der Waals surface area contributed by atoms with Gasteiger partial charge in [0, 0.05) is 25.5 Å². The number of likely N-dealkylation sites (tertiary alicyclic amines) is 1. The Balaban J connectivity index is 1.42. The highest BCUT2D eigenvalue weighted by molar-refractivity contribution is 6.02. The fourth-order valence-electron chi connectivity index (χ4n) is 5.15. The number of hydrogen-bond acceptors (Lipinski definition) is 5. The summed E-state index contributed by atoms with van der Waals surface area (Å²) < 4.78 is 11.0. The number of nitrogens with zero attached hydrogens (tertiary/aromatic N) is 2. The minimum absolute atomic E-state index is 0.0349. The van der Waals surface area contributed by atoms with Crippen LogP contribution >= 0.6 is 0 Å². The van der Waals surface area contributed by atoms with Crippen molar-refractivity contribution in [3.05, 3.63) is 48.0 Å². The maximum absolute atomic E-state index is 13.7. The predicted molar refractivity (Wildman–Crippen MR) is 122 cm³/mol. The zero-order valence-electron chi connectivity index (χ0n) is 18.6. The largest absolute Gasteiger partial charge is 0.454 e. The van der Waals surface area contributed by atoms with E-state index in [1.54, 1.807) is 0 Å². The van der Waals surface area contributed by atoms with Gasteiger partial charge in [-0.25, -0.2) is 0 Å². The Morgan fingerprint density at radius 1 is 1.03 bits per heavy atom. The van der Waals surface area contributed by atoms with E-state index in [1.165, 1.54) is 0 Å². The Kier molecular flexibility index (Phi) is 5.19. The molecule has 7 nitrogen and oxygen atoms in total. The number of β-lactam (4-membered cyclic amide) rings is 1. The van der Waals surface area contributed by atoms with E-state index in [0.29, 0.717) is 25.0 Å². The van der Waals surface area contributed by atoms with Gasteiger partial charge in [-0.05, 0) is 54.8 Å². The molecule has 1 aliphatic carbocycles. The minimum atomic E-state index is -0.825. The maximum Gasteiger partial charge on any atom is 0.250 e. The summed E-state index contributed by atoms with van der Waals surface area (Å²) in [6.07, 6.45) is 4.73. The summed E-state index contributed by atoms with van der Waals surface area (Å²) in [4.78, 5) is 30.5. The number of carbonyl (C=O) groups excluding carboxylic acids is 2. The van der Waals surface area contributed by atoms with Crippen LogP contribution < -0.4 is 19.7 Å². The van der Waals surface area contributed by atoms with Gasteiger partial charge in [-0.15, -0.1) is 0 Å². The van der Waals surface area contributed by atoms with Gasteiger partial charge < -0.3 is 24.6 Å². The third-order valence-corrected chi connectivity index (χ3v) is 6.94. The number of carbonyl (C=O) groups is 2. The molecule has 2 fully saturated rings. The fraction of sp³-hybridized carbons (Fsp3) is 0.440. The van der Waals surface area contributed by atoms with E-state index in [0.717, 1.165) is 42.0 Å². The Hall–Kier alpha value is -3.22. The van der Waals surface area contributed by atoms with E-state index >= 15 is 0 Å². The number of fused-ring (bicyclic) bond motifs is 1. The minimum Gasteiger partial charge on any atom is -0.454 e. The van der Waals surface area contributed by atoms with Gasteiger partial charge in [0.05, 0.1) is 12.5 Å². The molecule has 2 aliphatic heterocycles. The van der Waals surface area contributed by atoms with Gasteiger partial charge >= 0.3 is 0 Å². The van der Waals surface area contributed by atoms with E-state index in [2.05, 4.69) is 5.32 Å². The van der Waals surface area contributed by atoms with Crippen LogP contribution in [0, 0.1) is 0 Å². The van der Waals surface area contributed by atoms with Gasteiger partial charge in [-0.1, -0.05) is 25.3 Å². The molecule has 1 saturated heterocycles. The lowest BCUT2D eigenvalue weighted by Gasteiger charge is -2.54. The Labute approximate surface area is 188 Å². The van der Waals surface area contributed by atoms with Crippen molar-refractivity contribution in [1.82, 2.24) is 4.90 Å². The Morgan fingerprint density at radius 2 is 1.75 bits per heavy atom. The molecule has 2 amide bonds. The van der Waals surface area contributed by atoms with Gasteiger partial charge in [-0.3, -0.25) is 9.59 Å². The first kappa shape index (κ1) is 20.7. The van der Waals surface area contributed by atoms with Gasteiger partial charge in [0.25, 0.3) is 0 Å². The molecule has 0 bridgehead atoms. The summed E-state index contributed by atoms with van der Waals surface area (Å²) in [7, 11) is 3.97. The molecule has 2 aromatic rings. The molecule has 1 unspecified atom stereocenters. The van der Waals surface area contributed by atoms with E-state index in [-0.39, 0.29) is 24.6 Å². The topological polar surface area (TPSA) is 71.1 Å². The first-order chi connectivity index (χ1) is 15.5. The van der Waals surface area contributed by atoms with Crippen molar-refractivity contribution in [1.29, 1.82) is 0 Å². The predicted octanol–water partition coefficient (Wildman–Crippen LogP) is 4.10. The monoisotopic (exact) mass is 435 g/mol. The maximum atomic E-state index is 13.7. The van der Waals surface area contributed by atoms with E-state index in [1.807, 2.05) is 66.4 Å². The molecule has 5 rings (SSSR count). The summed E-state index contributed by atoms with van der Waals surface area (Å²) in [5.41, 5.74) is 1.98. The second-order valence-electron chi connectivity index (χ2n) is 9.08. The van der Waals surface area contributed by atoms with Gasteiger partial charge in [-0.2, -0.15) is 0 Å². The number of anilines is 2. The molecule has 3 aliphatic rings. The van der Waals surface area contributed by atoms with Crippen LogP contribution in [-0.4, -0.2) is 43.1 Å². The Morgan fingerprint density at radius 3 is 2.44 bits per heavy atom. The first-order valence-electron chi connectivity index (χ1n) is 11.3. The van der Waals surface area contributed by atoms with Crippen LogP contribution in [-0.2, 0) is 9.59 Å². The van der Waals surface area contributed by atoms with E-state index in [4.69, 9.17) is 9.47 Å². The quantitative estimate of drug-likeness (QED) is 0.716. The zero-order chi connectivity index (χ0) is 22.3. The van der Waals surface area contributed by atoms with Crippen LogP contribution in [0.25, 0.3) is 0 Å². The van der Waals surface area contributed by atoms with Crippen molar-refractivity contribution in [3.8, 4) is 11.5 Å². The summed E-state index contributed by atoms with van der Waals surface area (Å²) in [5.74, 6) is 1.36. The van der Waals surface area contributed by atoms with Crippen molar-refractivity contribution in [3.63, 3.8) is 0 Å². The second kappa shape index (κ2) is 8.04. The standard InChI is InChI=1S/C25H29N3O4/c1-27(2)19-9-7-18(8-10-19)26-24(30)25(12-4-3-5-13-25)28-20(15-23(28)29)17-6-11-21-22(14-17)32-16-31-21/h6-11,14,20H,3-5,12-13,15-16H2,1-2H3,(H,26,30). The molecule has 0 radical (unpaired) electrons. The van der Waals surface area contributed by atoms with Crippen LogP contribution in [0.4, 0.5) is 11.4 Å².